The number of hydrogen-bond acceptors (Lipinski definition) is 6. The van der Waals surface area contributed by atoms with E-state index in [1.54, 1.807) is 0 Å². The topological polar surface area (TPSA) is 110 Å². The van der Waals surface area contributed by atoms with Crippen LogP contribution in [-0.2, 0) is 6.42 Å². The van der Waals surface area contributed by atoms with Crippen LogP contribution in [0.2, 0.25) is 0 Å². The lowest BCUT2D eigenvalue weighted by Gasteiger charge is -2.26. The van der Waals surface area contributed by atoms with Crippen LogP contribution in [0.25, 0.3) is 0 Å². The fourth-order valence-electron chi connectivity index (χ4n) is 2.57. The molecule has 7 heteroatoms. The van der Waals surface area contributed by atoms with Crippen molar-refractivity contribution >= 4 is 11.7 Å². The number of nitrogens with one attached hydrogen (secondary N) is 1. The third kappa shape index (κ3) is 2.18. The van der Waals surface area contributed by atoms with E-state index >= 15 is 0 Å². The second-order valence-electron chi connectivity index (χ2n) is 4.73. The Balaban J connectivity index is 1.87. The minimum atomic E-state index is 0.0574. The predicted octanol–water partition coefficient (Wildman–Crippen LogP) is 1.45. The number of oxime groups is 1. The number of aryl methyl sites for hydroxylation is 1. The van der Waals surface area contributed by atoms with Gasteiger partial charge in [-0.15, -0.1) is 0 Å². The molecule has 0 fully saturated rings. The summed E-state index contributed by atoms with van der Waals surface area (Å²) in [5.74, 6) is 0.264. The molecule has 0 aliphatic heterocycles. The molecule has 20 heavy (non-hydrogen) atoms. The van der Waals surface area contributed by atoms with E-state index in [1.165, 1.54) is 11.1 Å². The van der Waals surface area contributed by atoms with Crippen molar-refractivity contribution in [3.8, 4) is 0 Å². The van der Waals surface area contributed by atoms with Crippen molar-refractivity contribution in [2.24, 2.45) is 5.16 Å². The van der Waals surface area contributed by atoms with Gasteiger partial charge in [0.2, 0.25) is 0 Å². The number of fused-ring (bicyclic) bond motifs is 1. The number of anilines is 1. The van der Waals surface area contributed by atoms with Crippen LogP contribution < -0.4 is 11.1 Å². The number of nitrogens with two attached hydrogens (primary N) is 1. The molecule has 0 bridgehead atoms. The fraction of sp³-hybridized carbons (Fsp3) is 0.308. The maximum atomic E-state index is 9.16. The highest BCUT2D eigenvalue weighted by Crippen LogP contribution is 2.29. The molecule has 1 atom stereocenters. The van der Waals surface area contributed by atoms with Gasteiger partial charge in [-0.3, -0.25) is 0 Å². The van der Waals surface area contributed by atoms with Crippen molar-refractivity contribution in [1.29, 1.82) is 0 Å². The summed E-state index contributed by atoms with van der Waals surface area (Å²) in [6.07, 6.45) is 3.08. The monoisotopic (exact) mass is 273 g/mol. The number of amidine groups is 1. The first-order valence-corrected chi connectivity index (χ1v) is 6.44. The summed E-state index contributed by atoms with van der Waals surface area (Å²) in [7, 11) is 0. The zero-order valence-corrected chi connectivity index (χ0v) is 10.8. The minimum Gasteiger partial charge on any atom is -0.409 e. The standard InChI is InChI=1S/C13H15N5O2/c14-12-11(17-20-18-12)13(16-19)15-10-7-3-5-8-4-1-2-6-9(8)10/h1-2,4,6,10,19H,3,5,7H2,(H2,14,18)(H,15,16). The van der Waals surface area contributed by atoms with Gasteiger partial charge in [0.25, 0.3) is 0 Å². The van der Waals surface area contributed by atoms with Crippen molar-refractivity contribution in [3.05, 3.63) is 41.1 Å². The molecule has 2 aromatic rings. The van der Waals surface area contributed by atoms with Crippen LogP contribution in [0.3, 0.4) is 0 Å². The lowest BCUT2D eigenvalue weighted by molar-refractivity contribution is 0.303. The van der Waals surface area contributed by atoms with E-state index in [4.69, 9.17) is 10.9 Å². The summed E-state index contributed by atoms with van der Waals surface area (Å²) in [4.78, 5) is 0. The Morgan fingerprint density at radius 2 is 2.25 bits per heavy atom. The van der Waals surface area contributed by atoms with Gasteiger partial charge in [-0.05, 0) is 40.7 Å². The first-order valence-electron chi connectivity index (χ1n) is 6.44. The summed E-state index contributed by atoms with van der Waals surface area (Å²) in [6.45, 7) is 0. The molecule has 1 aliphatic rings. The van der Waals surface area contributed by atoms with Gasteiger partial charge in [-0.25, -0.2) is 4.63 Å². The maximum Gasteiger partial charge on any atom is 0.199 e. The average molecular weight is 273 g/mol. The predicted molar refractivity (Wildman–Crippen MR) is 72.3 cm³/mol. The molecule has 0 saturated heterocycles. The van der Waals surface area contributed by atoms with Gasteiger partial charge >= 0.3 is 0 Å². The molecule has 1 aromatic carbocycles. The number of hydrogen-bond donors (Lipinski definition) is 3. The molecule has 0 saturated carbocycles. The van der Waals surface area contributed by atoms with E-state index in [0.29, 0.717) is 0 Å². The smallest absolute Gasteiger partial charge is 0.199 e. The van der Waals surface area contributed by atoms with Crippen LogP contribution in [0.4, 0.5) is 5.82 Å². The number of aromatic nitrogens is 2. The second-order valence-corrected chi connectivity index (χ2v) is 4.73. The Kier molecular flexibility index (Phi) is 3.24. The molecular formula is C13H15N5O2. The van der Waals surface area contributed by atoms with Gasteiger partial charge in [0.05, 0.1) is 6.04 Å². The van der Waals surface area contributed by atoms with Gasteiger partial charge in [0.1, 0.15) is 0 Å². The van der Waals surface area contributed by atoms with Gasteiger partial charge in [-0.2, -0.15) is 0 Å². The Morgan fingerprint density at radius 3 is 3.00 bits per heavy atom. The van der Waals surface area contributed by atoms with Crippen molar-refractivity contribution < 1.29 is 9.84 Å². The molecule has 3 rings (SSSR count). The summed E-state index contributed by atoms with van der Waals surface area (Å²) >= 11 is 0. The van der Waals surface area contributed by atoms with E-state index in [1.807, 2.05) is 12.1 Å². The summed E-state index contributed by atoms with van der Waals surface area (Å²) in [6, 6.07) is 8.28. The largest absolute Gasteiger partial charge is 0.409 e. The normalized spacial score (nSPS) is 18.6. The summed E-state index contributed by atoms with van der Waals surface area (Å²) < 4.78 is 4.53. The number of benzene rings is 1. The van der Waals surface area contributed by atoms with Crippen molar-refractivity contribution in [2.75, 3.05) is 5.73 Å². The van der Waals surface area contributed by atoms with E-state index in [9.17, 15) is 0 Å². The van der Waals surface area contributed by atoms with Gasteiger partial charge < -0.3 is 16.3 Å². The molecule has 0 radical (unpaired) electrons. The van der Waals surface area contributed by atoms with Gasteiger partial charge in [0.15, 0.2) is 17.3 Å². The molecule has 0 amide bonds. The Morgan fingerprint density at radius 1 is 1.40 bits per heavy atom. The first-order chi connectivity index (χ1) is 9.79. The molecular weight excluding hydrogens is 258 g/mol. The minimum absolute atomic E-state index is 0.0574. The highest BCUT2D eigenvalue weighted by Gasteiger charge is 2.23. The SMILES string of the molecule is Nc1nonc1/C(=N/O)NC1CCCc2ccccc21. The summed E-state index contributed by atoms with van der Waals surface area (Å²) in [5, 5.41) is 22.7. The Bertz CT molecular complexity index is 637. The van der Waals surface area contributed by atoms with Crippen LogP contribution in [0, 0.1) is 0 Å². The molecule has 1 heterocycles. The highest BCUT2D eigenvalue weighted by molar-refractivity contribution is 6.00. The van der Waals surface area contributed by atoms with Gasteiger partial charge in [-0.1, -0.05) is 29.4 Å². The molecule has 7 nitrogen and oxygen atoms in total. The number of nitrogens with zero attached hydrogens (tertiary/aromatic N) is 3. The number of nitrogen functional groups attached to an aromatic ring is 1. The van der Waals surface area contributed by atoms with E-state index in [-0.39, 0.29) is 23.4 Å². The zero-order valence-electron chi connectivity index (χ0n) is 10.8. The molecule has 0 spiro atoms. The molecule has 104 valence electrons. The lowest BCUT2D eigenvalue weighted by atomic mass is 9.87. The van der Waals surface area contributed by atoms with E-state index in [2.05, 4.69) is 37.5 Å². The van der Waals surface area contributed by atoms with Crippen LogP contribution in [0.5, 0.6) is 0 Å². The molecule has 1 unspecified atom stereocenters. The first kappa shape index (κ1) is 12.5. The van der Waals surface area contributed by atoms with Crippen molar-refractivity contribution in [1.82, 2.24) is 15.6 Å². The molecule has 1 aromatic heterocycles. The molecule has 4 N–H and O–H groups in total. The van der Waals surface area contributed by atoms with Gasteiger partial charge in [0, 0.05) is 0 Å². The lowest BCUT2D eigenvalue weighted by Crippen LogP contribution is -2.32. The van der Waals surface area contributed by atoms with E-state index in [0.717, 1.165) is 19.3 Å². The van der Waals surface area contributed by atoms with Crippen LogP contribution >= 0.6 is 0 Å². The Hall–Kier alpha value is -2.57. The van der Waals surface area contributed by atoms with Crippen molar-refractivity contribution in [2.45, 2.75) is 25.3 Å². The average Bonchev–Trinajstić information content (AvgIpc) is 2.91. The quantitative estimate of drug-likeness (QED) is 0.331. The van der Waals surface area contributed by atoms with E-state index < -0.39 is 0 Å². The maximum absolute atomic E-state index is 9.16. The third-order valence-corrected chi connectivity index (χ3v) is 3.52. The fourth-order valence-corrected chi connectivity index (χ4v) is 2.57. The van der Waals surface area contributed by atoms with Crippen molar-refractivity contribution in [3.63, 3.8) is 0 Å². The van der Waals surface area contributed by atoms with Crippen LogP contribution in [0.1, 0.15) is 35.7 Å². The van der Waals surface area contributed by atoms with Crippen LogP contribution in [0.15, 0.2) is 34.1 Å². The highest BCUT2D eigenvalue weighted by atomic mass is 16.6. The zero-order chi connectivity index (χ0) is 13.9. The van der Waals surface area contributed by atoms with Crippen LogP contribution in [-0.4, -0.2) is 21.4 Å². The molecule has 1 aliphatic carbocycles. The summed E-state index contributed by atoms with van der Waals surface area (Å²) in [5.41, 5.74) is 8.34. The third-order valence-electron chi connectivity index (χ3n) is 3.52. The second kappa shape index (κ2) is 5.20. The Labute approximate surface area is 115 Å². The number of rotatable bonds is 2.